The minimum Gasteiger partial charge on any atom is -0.481 e. The maximum Gasteiger partial charge on any atom is 0.319 e. The van der Waals surface area contributed by atoms with Crippen molar-refractivity contribution in [3.63, 3.8) is 0 Å². The van der Waals surface area contributed by atoms with E-state index >= 15 is 0 Å². The van der Waals surface area contributed by atoms with Crippen LogP contribution in [0.3, 0.4) is 0 Å². The first-order valence-corrected chi connectivity index (χ1v) is 6.75. The molecule has 1 aromatic carbocycles. The Morgan fingerprint density at radius 3 is 2.83 bits per heavy atom. The van der Waals surface area contributed by atoms with Crippen molar-refractivity contribution in [2.45, 2.75) is 17.7 Å². The highest BCUT2D eigenvalue weighted by atomic mass is 32.2. The Balaban J connectivity index is 2.33. The van der Waals surface area contributed by atoms with Crippen molar-refractivity contribution in [3.05, 3.63) is 24.3 Å². The predicted molar refractivity (Wildman–Crippen MR) is 72.1 cm³/mol. The zero-order chi connectivity index (χ0) is 13.4. The third-order valence-corrected chi connectivity index (χ3v) is 2.91. The number of carbonyl (C=O) groups excluding carboxylic acids is 1. The summed E-state index contributed by atoms with van der Waals surface area (Å²) in [5, 5.41) is 13.7. The van der Waals surface area contributed by atoms with Gasteiger partial charge >= 0.3 is 12.0 Å². The van der Waals surface area contributed by atoms with Crippen LogP contribution in [0.25, 0.3) is 0 Å². The molecule has 0 fully saturated rings. The average Bonchev–Trinajstić information content (AvgIpc) is 2.34. The van der Waals surface area contributed by atoms with Crippen LogP contribution >= 0.6 is 11.8 Å². The standard InChI is InChI=1S/C12H16N2O3S/c1-18-10-5-2-4-9(8-10)14-12(17)13-7-3-6-11(15)16/h2,4-5,8H,3,6-7H2,1H3,(H,15,16)(H2,13,14,17). The minimum atomic E-state index is -0.857. The van der Waals surface area contributed by atoms with Gasteiger partial charge in [0.05, 0.1) is 0 Å². The smallest absolute Gasteiger partial charge is 0.319 e. The number of rotatable bonds is 6. The molecule has 0 bridgehead atoms. The van der Waals surface area contributed by atoms with Crippen LogP contribution in [0.2, 0.25) is 0 Å². The number of urea groups is 1. The van der Waals surface area contributed by atoms with Crippen molar-refractivity contribution in [1.82, 2.24) is 5.32 Å². The van der Waals surface area contributed by atoms with Crippen LogP contribution < -0.4 is 10.6 Å². The van der Waals surface area contributed by atoms with Crippen molar-refractivity contribution < 1.29 is 14.7 Å². The number of carboxylic acids is 1. The zero-order valence-corrected chi connectivity index (χ0v) is 10.9. The minimum absolute atomic E-state index is 0.0578. The van der Waals surface area contributed by atoms with Crippen molar-refractivity contribution in [2.75, 3.05) is 18.1 Å². The van der Waals surface area contributed by atoms with Gasteiger partial charge in [0.15, 0.2) is 0 Å². The second kappa shape index (κ2) is 7.60. The molecule has 18 heavy (non-hydrogen) atoms. The Labute approximate surface area is 110 Å². The van der Waals surface area contributed by atoms with Crippen LogP contribution in [-0.2, 0) is 4.79 Å². The van der Waals surface area contributed by atoms with Gasteiger partial charge in [-0.3, -0.25) is 4.79 Å². The maximum absolute atomic E-state index is 11.5. The van der Waals surface area contributed by atoms with E-state index in [-0.39, 0.29) is 12.5 Å². The molecular formula is C12H16N2O3S. The van der Waals surface area contributed by atoms with Gasteiger partial charge < -0.3 is 15.7 Å². The van der Waals surface area contributed by atoms with E-state index in [1.54, 1.807) is 17.8 Å². The van der Waals surface area contributed by atoms with Crippen molar-refractivity contribution >= 4 is 29.4 Å². The number of aliphatic carboxylic acids is 1. The topological polar surface area (TPSA) is 78.4 Å². The number of amides is 2. The number of benzene rings is 1. The number of carboxylic acid groups (broad SMARTS) is 1. The molecule has 98 valence electrons. The lowest BCUT2D eigenvalue weighted by Crippen LogP contribution is -2.29. The molecule has 0 saturated carbocycles. The number of anilines is 1. The van der Waals surface area contributed by atoms with Gasteiger partial charge in [0.1, 0.15) is 0 Å². The van der Waals surface area contributed by atoms with Crippen molar-refractivity contribution in [2.24, 2.45) is 0 Å². The monoisotopic (exact) mass is 268 g/mol. The van der Waals surface area contributed by atoms with Gasteiger partial charge in [0.25, 0.3) is 0 Å². The van der Waals surface area contributed by atoms with Gasteiger partial charge in [-0.15, -0.1) is 11.8 Å². The summed E-state index contributed by atoms with van der Waals surface area (Å²) in [6, 6.07) is 7.18. The Hall–Kier alpha value is -1.69. The van der Waals surface area contributed by atoms with E-state index in [4.69, 9.17) is 5.11 Å². The maximum atomic E-state index is 11.5. The Morgan fingerprint density at radius 2 is 2.17 bits per heavy atom. The van der Waals surface area contributed by atoms with E-state index in [2.05, 4.69) is 10.6 Å². The molecule has 3 N–H and O–H groups in total. The first-order chi connectivity index (χ1) is 8.61. The number of nitrogens with one attached hydrogen (secondary N) is 2. The summed E-state index contributed by atoms with van der Waals surface area (Å²) in [6.07, 6.45) is 2.45. The highest BCUT2D eigenvalue weighted by Crippen LogP contribution is 2.18. The van der Waals surface area contributed by atoms with Gasteiger partial charge in [-0.25, -0.2) is 4.79 Å². The first-order valence-electron chi connectivity index (χ1n) is 5.52. The molecule has 6 heteroatoms. The fourth-order valence-corrected chi connectivity index (χ4v) is 1.78. The third-order valence-electron chi connectivity index (χ3n) is 2.18. The molecular weight excluding hydrogens is 252 g/mol. The van der Waals surface area contributed by atoms with Gasteiger partial charge in [-0.05, 0) is 30.9 Å². The number of hydrogen-bond donors (Lipinski definition) is 3. The highest BCUT2D eigenvalue weighted by molar-refractivity contribution is 7.98. The molecule has 2 amide bonds. The molecule has 0 aliphatic carbocycles. The first kappa shape index (κ1) is 14.4. The lowest BCUT2D eigenvalue weighted by atomic mass is 10.3. The second-order valence-corrected chi connectivity index (χ2v) is 4.49. The quantitative estimate of drug-likeness (QED) is 0.547. The summed E-state index contributed by atoms with van der Waals surface area (Å²) < 4.78 is 0. The van der Waals surface area contributed by atoms with E-state index in [0.29, 0.717) is 13.0 Å². The molecule has 0 unspecified atom stereocenters. The fraction of sp³-hybridized carbons (Fsp3) is 0.333. The van der Waals surface area contributed by atoms with Crippen LogP contribution in [-0.4, -0.2) is 29.9 Å². The lowest BCUT2D eigenvalue weighted by molar-refractivity contribution is -0.137. The van der Waals surface area contributed by atoms with E-state index in [0.717, 1.165) is 10.6 Å². The summed E-state index contributed by atoms with van der Waals surface area (Å²) in [5.74, 6) is -0.857. The second-order valence-electron chi connectivity index (χ2n) is 3.61. The van der Waals surface area contributed by atoms with E-state index < -0.39 is 5.97 Å². The van der Waals surface area contributed by atoms with Crippen LogP contribution in [0.5, 0.6) is 0 Å². The Kier molecular flexibility index (Phi) is 6.07. The van der Waals surface area contributed by atoms with Crippen LogP contribution in [0.4, 0.5) is 10.5 Å². The van der Waals surface area contributed by atoms with Crippen molar-refractivity contribution in [3.8, 4) is 0 Å². The van der Waals surface area contributed by atoms with Crippen molar-refractivity contribution in [1.29, 1.82) is 0 Å². The lowest BCUT2D eigenvalue weighted by Gasteiger charge is -2.07. The molecule has 5 nitrogen and oxygen atoms in total. The average molecular weight is 268 g/mol. The molecule has 0 saturated heterocycles. The number of hydrogen-bond acceptors (Lipinski definition) is 3. The molecule has 0 atom stereocenters. The van der Waals surface area contributed by atoms with Gasteiger partial charge in [-0.2, -0.15) is 0 Å². The predicted octanol–water partition coefficient (Wildman–Crippen LogP) is 2.39. The fourth-order valence-electron chi connectivity index (χ4n) is 1.32. The summed E-state index contributed by atoms with van der Waals surface area (Å²) in [5.41, 5.74) is 0.720. The van der Waals surface area contributed by atoms with Gasteiger partial charge in [0.2, 0.25) is 0 Å². The Bertz CT molecular complexity index is 424. The summed E-state index contributed by atoms with van der Waals surface area (Å²) >= 11 is 1.60. The molecule has 1 aromatic rings. The summed E-state index contributed by atoms with van der Waals surface area (Å²) in [6.45, 7) is 0.348. The molecule has 0 aliphatic rings. The molecule has 0 spiro atoms. The summed E-state index contributed by atoms with van der Waals surface area (Å²) in [7, 11) is 0. The zero-order valence-electron chi connectivity index (χ0n) is 10.1. The molecule has 0 radical (unpaired) electrons. The Morgan fingerprint density at radius 1 is 1.39 bits per heavy atom. The molecule has 0 aliphatic heterocycles. The molecule has 1 rings (SSSR count). The van der Waals surface area contributed by atoms with Crippen LogP contribution in [0, 0.1) is 0 Å². The normalized spacial score (nSPS) is 9.83. The van der Waals surface area contributed by atoms with Crippen LogP contribution in [0.15, 0.2) is 29.2 Å². The SMILES string of the molecule is CSc1cccc(NC(=O)NCCCC(=O)O)c1. The molecule has 0 aromatic heterocycles. The number of carbonyl (C=O) groups is 2. The number of thioether (sulfide) groups is 1. The van der Waals surface area contributed by atoms with E-state index in [1.165, 1.54) is 0 Å². The largest absolute Gasteiger partial charge is 0.481 e. The highest BCUT2D eigenvalue weighted by Gasteiger charge is 2.02. The van der Waals surface area contributed by atoms with E-state index in [9.17, 15) is 9.59 Å². The van der Waals surface area contributed by atoms with Gasteiger partial charge in [0, 0.05) is 23.5 Å². The van der Waals surface area contributed by atoms with Gasteiger partial charge in [-0.1, -0.05) is 6.07 Å². The van der Waals surface area contributed by atoms with E-state index in [1.807, 2.05) is 24.5 Å². The summed E-state index contributed by atoms with van der Waals surface area (Å²) in [4.78, 5) is 22.8. The van der Waals surface area contributed by atoms with Crippen LogP contribution in [0.1, 0.15) is 12.8 Å². The third kappa shape index (κ3) is 5.58. The molecule has 0 heterocycles.